The molecule has 0 saturated carbocycles. The fourth-order valence-electron chi connectivity index (χ4n) is 2.42. The van der Waals surface area contributed by atoms with Gasteiger partial charge in [-0.3, -0.25) is 4.79 Å². The Hall–Kier alpha value is -2.66. The van der Waals surface area contributed by atoms with Crippen molar-refractivity contribution >= 4 is 11.9 Å². The SMILES string of the molecule is COC(=O)C(Cc1ccccc1)NC(=O)[C@@H](N)Cc1ccccc1. The summed E-state index contributed by atoms with van der Waals surface area (Å²) < 4.78 is 4.79. The lowest BCUT2D eigenvalue weighted by atomic mass is 10.0. The molecule has 2 aromatic carbocycles. The number of carbonyl (C=O) groups excluding carboxylic acids is 2. The van der Waals surface area contributed by atoms with Gasteiger partial charge >= 0.3 is 5.97 Å². The quantitative estimate of drug-likeness (QED) is 0.755. The van der Waals surface area contributed by atoms with E-state index in [0.717, 1.165) is 11.1 Å². The number of ether oxygens (including phenoxy) is 1. The van der Waals surface area contributed by atoms with Gasteiger partial charge in [-0.15, -0.1) is 0 Å². The average molecular weight is 326 g/mol. The van der Waals surface area contributed by atoms with E-state index in [-0.39, 0.29) is 5.91 Å². The molecular weight excluding hydrogens is 304 g/mol. The van der Waals surface area contributed by atoms with E-state index in [9.17, 15) is 9.59 Å². The van der Waals surface area contributed by atoms with E-state index in [4.69, 9.17) is 10.5 Å². The minimum Gasteiger partial charge on any atom is -0.467 e. The van der Waals surface area contributed by atoms with Crippen LogP contribution in [0.15, 0.2) is 60.7 Å². The standard InChI is InChI=1S/C19H22N2O3/c1-24-19(23)17(13-15-10-6-3-7-11-15)21-18(22)16(20)12-14-8-4-2-5-9-14/h2-11,16-17H,12-13,20H2,1H3,(H,21,22)/t16-,17?/m0/s1. The summed E-state index contributed by atoms with van der Waals surface area (Å²) in [5.74, 6) is -0.857. The molecule has 0 aromatic heterocycles. The molecule has 0 aliphatic heterocycles. The molecule has 0 fully saturated rings. The van der Waals surface area contributed by atoms with Crippen LogP contribution in [-0.2, 0) is 27.2 Å². The Labute approximate surface area is 141 Å². The van der Waals surface area contributed by atoms with Gasteiger partial charge in [0.2, 0.25) is 5.91 Å². The molecule has 0 spiro atoms. The maximum absolute atomic E-state index is 12.3. The molecule has 0 heterocycles. The molecule has 2 aromatic rings. The van der Waals surface area contributed by atoms with Gasteiger partial charge in [0.25, 0.3) is 0 Å². The maximum Gasteiger partial charge on any atom is 0.328 e. The Morgan fingerprint density at radius 2 is 1.46 bits per heavy atom. The first-order valence-corrected chi connectivity index (χ1v) is 7.81. The van der Waals surface area contributed by atoms with Gasteiger partial charge < -0.3 is 15.8 Å². The highest BCUT2D eigenvalue weighted by Crippen LogP contribution is 2.06. The minimum absolute atomic E-state index is 0.358. The van der Waals surface area contributed by atoms with Crippen LogP contribution in [0.25, 0.3) is 0 Å². The predicted molar refractivity (Wildman–Crippen MR) is 92.2 cm³/mol. The topological polar surface area (TPSA) is 81.4 Å². The highest BCUT2D eigenvalue weighted by Gasteiger charge is 2.24. The van der Waals surface area contributed by atoms with Gasteiger partial charge in [0.05, 0.1) is 13.2 Å². The van der Waals surface area contributed by atoms with Gasteiger partial charge in [-0.2, -0.15) is 0 Å². The first-order valence-electron chi connectivity index (χ1n) is 7.81. The van der Waals surface area contributed by atoms with Gasteiger partial charge in [-0.25, -0.2) is 4.79 Å². The van der Waals surface area contributed by atoms with Crippen molar-refractivity contribution in [3.8, 4) is 0 Å². The number of esters is 1. The van der Waals surface area contributed by atoms with Crippen molar-refractivity contribution in [1.82, 2.24) is 5.32 Å². The summed E-state index contributed by atoms with van der Waals surface area (Å²) >= 11 is 0. The number of methoxy groups -OCH3 is 1. The summed E-state index contributed by atoms with van der Waals surface area (Å²) in [6.07, 6.45) is 0.767. The zero-order valence-corrected chi connectivity index (χ0v) is 13.6. The Morgan fingerprint density at radius 3 is 1.96 bits per heavy atom. The smallest absolute Gasteiger partial charge is 0.328 e. The Morgan fingerprint density at radius 1 is 0.958 bits per heavy atom. The van der Waals surface area contributed by atoms with Gasteiger partial charge in [0.1, 0.15) is 6.04 Å². The first-order chi connectivity index (χ1) is 11.6. The van der Waals surface area contributed by atoms with Crippen molar-refractivity contribution in [2.75, 3.05) is 7.11 Å². The van der Waals surface area contributed by atoms with E-state index < -0.39 is 18.1 Å². The van der Waals surface area contributed by atoms with Crippen molar-refractivity contribution in [2.24, 2.45) is 5.73 Å². The Kier molecular flexibility index (Phi) is 6.51. The van der Waals surface area contributed by atoms with Crippen LogP contribution in [0.3, 0.4) is 0 Å². The van der Waals surface area contributed by atoms with Crippen molar-refractivity contribution in [3.63, 3.8) is 0 Å². The molecular formula is C19H22N2O3. The molecule has 0 saturated heterocycles. The lowest BCUT2D eigenvalue weighted by Crippen LogP contribution is -2.50. The number of amides is 1. The van der Waals surface area contributed by atoms with E-state index in [2.05, 4.69) is 5.32 Å². The third-order valence-corrected chi connectivity index (χ3v) is 3.72. The molecule has 0 aliphatic rings. The van der Waals surface area contributed by atoms with Crippen LogP contribution in [0.5, 0.6) is 0 Å². The van der Waals surface area contributed by atoms with Crippen LogP contribution in [0, 0.1) is 0 Å². The molecule has 1 unspecified atom stereocenters. The van der Waals surface area contributed by atoms with Gasteiger partial charge in [0, 0.05) is 6.42 Å². The second-order valence-corrected chi connectivity index (χ2v) is 5.57. The van der Waals surface area contributed by atoms with Crippen LogP contribution in [0.2, 0.25) is 0 Å². The number of hydrogen-bond acceptors (Lipinski definition) is 4. The number of hydrogen-bond donors (Lipinski definition) is 2. The molecule has 5 nitrogen and oxygen atoms in total. The van der Waals surface area contributed by atoms with Gasteiger partial charge in [-0.1, -0.05) is 60.7 Å². The van der Waals surface area contributed by atoms with Crippen molar-refractivity contribution in [2.45, 2.75) is 24.9 Å². The normalized spacial score (nSPS) is 12.9. The number of rotatable bonds is 7. The molecule has 24 heavy (non-hydrogen) atoms. The summed E-state index contributed by atoms with van der Waals surface area (Å²) in [6, 6.07) is 17.5. The van der Waals surface area contributed by atoms with Crippen LogP contribution in [0.1, 0.15) is 11.1 Å². The van der Waals surface area contributed by atoms with Crippen molar-refractivity contribution in [3.05, 3.63) is 71.8 Å². The average Bonchev–Trinajstić information content (AvgIpc) is 2.62. The Bertz CT molecular complexity index is 659. The van der Waals surface area contributed by atoms with Crippen molar-refractivity contribution in [1.29, 1.82) is 0 Å². The molecule has 126 valence electrons. The van der Waals surface area contributed by atoms with E-state index in [1.807, 2.05) is 60.7 Å². The van der Waals surface area contributed by atoms with Crippen LogP contribution in [0.4, 0.5) is 0 Å². The summed E-state index contributed by atoms with van der Waals surface area (Å²) in [4.78, 5) is 24.3. The van der Waals surface area contributed by atoms with Crippen molar-refractivity contribution < 1.29 is 14.3 Å². The fraction of sp³-hybridized carbons (Fsp3) is 0.263. The first kappa shape index (κ1) is 17.7. The highest BCUT2D eigenvalue weighted by molar-refractivity contribution is 5.87. The second-order valence-electron chi connectivity index (χ2n) is 5.57. The zero-order chi connectivity index (χ0) is 17.4. The number of nitrogens with one attached hydrogen (secondary N) is 1. The molecule has 2 atom stereocenters. The molecule has 0 aliphatic carbocycles. The summed E-state index contributed by atoms with van der Waals surface area (Å²) in [6.45, 7) is 0. The zero-order valence-electron chi connectivity index (χ0n) is 13.6. The fourth-order valence-corrected chi connectivity index (χ4v) is 2.42. The van der Waals surface area contributed by atoms with E-state index in [1.165, 1.54) is 7.11 Å². The minimum atomic E-state index is -0.758. The van der Waals surface area contributed by atoms with E-state index in [0.29, 0.717) is 12.8 Å². The van der Waals surface area contributed by atoms with Crippen LogP contribution in [-0.4, -0.2) is 31.1 Å². The highest BCUT2D eigenvalue weighted by atomic mass is 16.5. The molecule has 3 N–H and O–H groups in total. The van der Waals surface area contributed by atoms with Gasteiger partial charge in [-0.05, 0) is 17.5 Å². The third-order valence-electron chi connectivity index (χ3n) is 3.72. The van der Waals surface area contributed by atoms with E-state index in [1.54, 1.807) is 0 Å². The predicted octanol–water partition coefficient (Wildman–Crippen LogP) is 1.46. The second kappa shape index (κ2) is 8.84. The lowest BCUT2D eigenvalue weighted by Gasteiger charge is -2.19. The summed E-state index contributed by atoms with van der Waals surface area (Å²) in [5.41, 5.74) is 7.87. The third kappa shape index (κ3) is 5.21. The summed E-state index contributed by atoms with van der Waals surface area (Å²) in [7, 11) is 1.30. The number of benzene rings is 2. The van der Waals surface area contributed by atoms with Crippen LogP contribution >= 0.6 is 0 Å². The monoisotopic (exact) mass is 326 g/mol. The lowest BCUT2D eigenvalue weighted by molar-refractivity contribution is -0.145. The number of carbonyl (C=O) groups is 2. The Balaban J connectivity index is 2.00. The summed E-state index contributed by atoms with van der Waals surface area (Å²) in [5, 5.41) is 2.70. The van der Waals surface area contributed by atoms with E-state index >= 15 is 0 Å². The van der Waals surface area contributed by atoms with Gasteiger partial charge in [0.15, 0.2) is 0 Å². The maximum atomic E-state index is 12.3. The molecule has 0 radical (unpaired) electrons. The molecule has 5 heteroatoms. The molecule has 2 rings (SSSR count). The molecule has 1 amide bonds. The van der Waals surface area contributed by atoms with Crippen LogP contribution < -0.4 is 11.1 Å². The number of nitrogens with two attached hydrogens (primary N) is 1. The molecule has 0 bridgehead atoms. The largest absolute Gasteiger partial charge is 0.467 e.